The Morgan fingerprint density at radius 1 is 1.32 bits per heavy atom. The number of carbonyl (C=O) groups is 2. The topological polar surface area (TPSA) is 83.6 Å². The number of hydrogen-bond donors (Lipinski definition) is 2. The van der Waals surface area contributed by atoms with Gasteiger partial charge in [-0.1, -0.05) is 18.2 Å². The SMILES string of the molecule is NC(=O)c1ccccc1CN(CC(=O)O)CC1CC1. The molecule has 5 nitrogen and oxygen atoms in total. The van der Waals surface area contributed by atoms with E-state index in [1.165, 1.54) is 0 Å². The first-order chi connectivity index (χ1) is 9.06. The molecule has 0 atom stereocenters. The number of rotatable bonds is 7. The Bertz CT molecular complexity index is 483. The van der Waals surface area contributed by atoms with Gasteiger partial charge >= 0.3 is 5.97 Å². The predicted octanol–water partition coefficient (Wildman–Crippen LogP) is 1.08. The number of carbonyl (C=O) groups excluding carboxylic acids is 1. The Morgan fingerprint density at radius 3 is 2.58 bits per heavy atom. The van der Waals surface area contributed by atoms with Crippen molar-refractivity contribution in [3.8, 4) is 0 Å². The van der Waals surface area contributed by atoms with E-state index in [4.69, 9.17) is 10.8 Å². The van der Waals surface area contributed by atoms with E-state index >= 15 is 0 Å². The van der Waals surface area contributed by atoms with Gasteiger partial charge in [0.2, 0.25) is 5.91 Å². The first kappa shape index (κ1) is 13.5. The van der Waals surface area contributed by atoms with Crippen molar-refractivity contribution >= 4 is 11.9 Å². The Kier molecular flexibility index (Phi) is 4.16. The van der Waals surface area contributed by atoms with Crippen LogP contribution in [0.15, 0.2) is 24.3 Å². The minimum absolute atomic E-state index is 0.0103. The molecule has 1 aliphatic rings. The fraction of sp³-hybridized carbons (Fsp3) is 0.429. The van der Waals surface area contributed by atoms with Crippen molar-refractivity contribution in [2.75, 3.05) is 13.1 Å². The standard InChI is InChI=1S/C14H18N2O3/c15-14(19)12-4-2-1-3-11(12)8-16(9-13(17)18)7-10-5-6-10/h1-4,10H,5-9H2,(H2,15,19)(H,17,18). The van der Waals surface area contributed by atoms with E-state index in [1.807, 2.05) is 17.0 Å². The third-order valence-electron chi connectivity index (χ3n) is 3.25. The fourth-order valence-corrected chi connectivity index (χ4v) is 2.18. The molecule has 2 rings (SSSR count). The van der Waals surface area contributed by atoms with Crippen LogP contribution in [0.4, 0.5) is 0 Å². The van der Waals surface area contributed by atoms with Gasteiger partial charge in [0.05, 0.1) is 6.54 Å². The lowest BCUT2D eigenvalue weighted by atomic mass is 10.1. The molecule has 0 aromatic heterocycles. The highest BCUT2D eigenvalue weighted by Crippen LogP contribution is 2.30. The van der Waals surface area contributed by atoms with Gasteiger partial charge in [0.15, 0.2) is 0 Å². The van der Waals surface area contributed by atoms with Gasteiger partial charge in [0.1, 0.15) is 0 Å². The highest BCUT2D eigenvalue weighted by atomic mass is 16.4. The summed E-state index contributed by atoms with van der Waals surface area (Å²) in [4.78, 5) is 24.1. The Morgan fingerprint density at radius 2 is 2.00 bits per heavy atom. The molecule has 0 heterocycles. The van der Waals surface area contributed by atoms with Crippen LogP contribution in [0.1, 0.15) is 28.8 Å². The Labute approximate surface area is 112 Å². The molecule has 0 aliphatic heterocycles. The molecule has 5 heteroatoms. The van der Waals surface area contributed by atoms with Crippen molar-refractivity contribution in [2.45, 2.75) is 19.4 Å². The van der Waals surface area contributed by atoms with Gasteiger partial charge in [-0.05, 0) is 30.4 Å². The third-order valence-corrected chi connectivity index (χ3v) is 3.25. The summed E-state index contributed by atoms with van der Waals surface area (Å²) in [7, 11) is 0. The van der Waals surface area contributed by atoms with Crippen LogP contribution in [-0.2, 0) is 11.3 Å². The third kappa shape index (κ3) is 4.06. The highest BCUT2D eigenvalue weighted by Gasteiger charge is 2.25. The largest absolute Gasteiger partial charge is 0.480 e. The average molecular weight is 262 g/mol. The maximum atomic E-state index is 11.3. The molecule has 19 heavy (non-hydrogen) atoms. The van der Waals surface area contributed by atoms with Gasteiger partial charge in [0.25, 0.3) is 0 Å². The first-order valence-corrected chi connectivity index (χ1v) is 6.38. The van der Waals surface area contributed by atoms with Gasteiger partial charge in [-0.25, -0.2) is 0 Å². The molecule has 1 saturated carbocycles. The first-order valence-electron chi connectivity index (χ1n) is 6.38. The zero-order valence-electron chi connectivity index (χ0n) is 10.7. The lowest BCUT2D eigenvalue weighted by Gasteiger charge is -2.21. The second kappa shape index (κ2) is 5.84. The summed E-state index contributed by atoms with van der Waals surface area (Å²) in [6, 6.07) is 7.08. The number of nitrogens with zero attached hydrogens (tertiary/aromatic N) is 1. The summed E-state index contributed by atoms with van der Waals surface area (Å²) in [6.45, 7) is 1.20. The summed E-state index contributed by atoms with van der Waals surface area (Å²) >= 11 is 0. The van der Waals surface area contributed by atoms with Gasteiger partial charge in [-0.15, -0.1) is 0 Å². The zero-order valence-corrected chi connectivity index (χ0v) is 10.7. The summed E-state index contributed by atoms with van der Waals surface area (Å²) in [5.41, 5.74) is 6.59. The number of hydrogen-bond acceptors (Lipinski definition) is 3. The van der Waals surface area contributed by atoms with E-state index in [0.29, 0.717) is 18.0 Å². The summed E-state index contributed by atoms with van der Waals surface area (Å²) in [6.07, 6.45) is 2.32. The molecule has 0 unspecified atom stereocenters. The lowest BCUT2D eigenvalue weighted by molar-refractivity contribution is -0.138. The van der Waals surface area contributed by atoms with Crippen molar-refractivity contribution < 1.29 is 14.7 Å². The van der Waals surface area contributed by atoms with Crippen LogP contribution >= 0.6 is 0 Å². The van der Waals surface area contributed by atoms with E-state index in [-0.39, 0.29) is 6.54 Å². The average Bonchev–Trinajstić information content (AvgIpc) is 3.12. The molecule has 3 N–H and O–H groups in total. The van der Waals surface area contributed by atoms with Crippen molar-refractivity contribution in [3.63, 3.8) is 0 Å². The minimum atomic E-state index is -0.850. The molecule has 0 spiro atoms. The van der Waals surface area contributed by atoms with Crippen LogP contribution in [0.25, 0.3) is 0 Å². The number of carboxylic acid groups (broad SMARTS) is 1. The summed E-state index contributed by atoms with van der Waals surface area (Å²) in [5, 5.41) is 8.94. The van der Waals surface area contributed by atoms with Gasteiger partial charge in [-0.2, -0.15) is 0 Å². The molecule has 1 fully saturated rings. The number of carboxylic acids is 1. The molecule has 0 radical (unpaired) electrons. The van der Waals surface area contributed by atoms with Crippen molar-refractivity contribution in [1.82, 2.24) is 4.90 Å². The van der Waals surface area contributed by atoms with Gasteiger partial charge < -0.3 is 10.8 Å². The normalized spacial score (nSPS) is 14.6. The molecular formula is C14H18N2O3. The number of primary amides is 1. The number of aliphatic carboxylic acids is 1. The fourth-order valence-electron chi connectivity index (χ4n) is 2.18. The van der Waals surface area contributed by atoms with E-state index in [2.05, 4.69) is 0 Å². The number of amides is 1. The van der Waals surface area contributed by atoms with Crippen LogP contribution in [-0.4, -0.2) is 35.0 Å². The van der Waals surface area contributed by atoms with E-state index in [1.54, 1.807) is 12.1 Å². The van der Waals surface area contributed by atoms with Crippen LogP contribution in [0.2, 0.25) is 0 Å². The van der Waals surface area contributed by atoms with Gasteiger partial charge in [0, 0.05) is 18.7 Å². The maximum absolute atomic E-state index is 11.3. The van der Waals surface area contributed by atoms with Crippen LogP contribution < -0.4 is 5.73 Å². The van der Waals surface area contributed by atoms with Crippen LogP contribution in [0, 0.1) is 5.92 Å². The zero-order chi connectivity index (χ0) is 13.8. The van der Waals surface area contributed by atoms with E-state index < -0.39 is 11.9 Å². The van der Waals surface area contributed by atoms with Gasteiger partial charge in [-0.3, -0.25) is 14.5 Å². The van der Waals surface area contributed by atoms with Crippen LogP contribution in [0.5, 0.6) is 0 Å². The Balaban J connectivity index is 2.10. The molecule has 1 aliphatic carbocycles. The predicted molar refractivity (Wildman–Crippen MR) is 70.6 cm³/mol. The minimum Gasteiger partial charge on any atom is -0.480 e. The van der Waals surface area contributed by atoms with E-state index in [0.717, 1.165) is 24.9 Å². The molecule has 0 saturated heterocycles. The molecule has 1 aromatic carbocycles. The van der Waals surface area contributed by atoms with E-state index in [9.17, 15) is 9.59 Å². The number of benzene rings is 1. The summed E-state index contributed by atoms with van der Waals surface area (Å²) < 4.78 is 0. The molecule has 102 valence electrons. The second-order valence-electron chi connectivity index (χ2n) is 5.03. The quantitative estimate of drug-likeness (QED) is 0.770. The molecular weight excluding hydrogens is 244 g/mol. The smallest absolute Gasteiger partial charge is 0.317 e. The molecule has 1 aromatic rings. The lowest BCUT2D eigenvalue weighted by Crippen LogP contribution is -2.32. The van der Waals surface area contributed by atoms with Crippen molar-refractivity contribution in [2.24, 2.45) is 11.7 Å². The second-order valence-corrected chi connectivity index (χ2v) is 5.03. The molecule has 1 amide bonds. The maximum Gasteiger partial charge on any atom is 0.317 e. The monoisotopic (exact) mass is 262 g/mol. The highest BCUT2D eigenvalue weighted by molar-refractivity contribution is 5.94. The number of nitrogens with two attached hydrogens (primary N) is 1. The van der Waals surface area contributed by atoms with Crippen LogP contribution in [0.3, 0.4) is 0 Å². The summed E-state index contributed by atoms with van der Waals surface area (Å²) in [5.74, 6) is -0.727. The van der Waals surface area contributed by atoms with Crippen molar-refractivity contribution in [3.05, 3.63) is 35.4 Å². The Hall–Kier alpha value is -1.88. The van der Waals surface area contributed by atoms with Crippen molar-refractivity contribution in [1.29, 1.82) is 0 Å². The molecule has 0 bridgehead atoms.